The van der Waals surface area contributed by atoms with E-state index in [1.807, 2.05) is 30.7 Å². The standard InChI is InChI=1S/C10H9NO/c12-10-6-3-7-11-9-5-2-1-4-8(9)10/h1-5H,6-7H2/p+1. The second kappa shape index (κ2) is 2.89. The Labute approximate surface area is 71.6 Å². The Bertz CT molecular complexity index is 306. The third-order valence-corrected chi connectivity index (χ3v) is 1.99. The molecule has 1 N–H and O–H groups in total. The zero-order valence-corrected chi connectivity index (χ0v) is 6.71. The number of anilines is 1. The highest BCUT2D eigenvalue weighted by Crippen LogP contribution is 2.19. The van der Waals surface area contributed by atoms with Crippen LogP contribution in [-0.2, 0) is 0 Å². The first kappa shape index (κ1) is 7.22. The monoisotopic (exact) mass is 160 g/mol. The number of hydrogen-bond donors (Lipinski definition) is 1. The molecule has 12 heavy (non-hydrogen) atoms. The fraction of sp³-hybridized carbons (Fsp3) is 0.200. The summed E-state index contributed by atoms with van der Waals surface area (Å²) in [7, 11) is 0. The minimum atomic E-state index is 0.204. The smallest absolute Gasteiger partial charge is 0.209 e. The number of benzene rings is 1. The first-order chi connectivity index (χ1) is 5.88. The highest BCUT2D eigenvalue weighted by Gasteiger charge is 2.18. The second-order valence-corrected chi connectivity index (χ2v) is 2.84. The van der Waals surface area contributed by atoms with E-state index >= 15 is 0 Å². The first-order valence-corrected chi connectivity index (χ1v) is 4.06. The lowest BCUT2D eigenvalue weighted by Crippen LogP contribution is -1.99. The van der Waals surface area contributed by atoms with Crippen LogP contribution in [0.5, 0.6) is 0 Å². The van der Waals surface area contributed by atoms with Crippen LogP contribution in [0.1, 0.15) is 16.8 Å². The predicted molar refractivity (Wildman–Crippen MR) is 48.2 cm³/mol. The number of Topliss-reactive ketones (excluding diaryl/α,β-unsaturated/α-hetero) is 1. The maximum atomic E-state index is 11.4. The van der Waals surface area contributed by atoms with Gasteiger partial charge >= 0.3 is 0 Å². The van der Waals surface area contributed by atoms with Crippen LogP contribution in [-0.4, -0.2) is 12.3 Å². The van der Waals surface area contributed by atoms with Gasteiger partial charge in [-0.05, 0) is 12.1 Å². The largest absolute Gasteiger partial charge is 0.347 e. The van der Waals surface area contributed by atoms with E-state index in [9.17, 15) is 4.79 Å². The molecule has 2 nitrogen and oxygen atoms in total. The summed E-state index contributed by atoms with van der Waals surface area (Å²) >= 11 is 0. The molecule has 0 saturated heterocycles. The zero-order chi connectivity index (χ0) is 8.39. The summed E-state index contributed by atoms with van der Waals surface area (Å²) in [6.07, 6.45) is 2.51. The highest BCUT2D eigenvalue weighted by atomic mass is 16.1. The van der Waals surface area contributed by atoms with Crippen molar-refractivity contribution in [2.45, 2.75) is 6.42 Å². The SMILES string of the molecule is O=C1C[CH+]CNc2ccccc21. The minimum absolute atomic E-state index is 0.204. The van der Waals surface area contributed by atoms with Crippen molar-refractivity contribution in [3.05, 3.63) is 36.2 Å². The van der Waals surface area contributed by atoms with E-state index in [0.717, 1.165) is 17.8 Å². The van der Waals surface area contributed by atoms with Crippen LogP contribution in [0.4, 0.5) is 5.69 Å². The second-order valence-electron chi connectivity index (χ2n) is 2.84. The molecule has 0 fully saturated rings. The van der Waals surface area contributed by atoms with Gasteiger partial charge in [0.15, 0.2) is 13.0 Å². The van der Waals surface area contributed by atoms with Gasteiger partial charge in [0, 0.05) is 11.3 Å². The number of rotatable bonds is 0. The molecule has 0 aliphatic carbocycles. The third-order valence-electron chi connectivity index (χ3n) is 1.99. The third kappa shape index (κ3) is 1.16. The summed E-state index contributed by atoms with van der Waals surface area (Å²) in [5.41, 5.74) is 1.77. The molecule has 1 aliphatic rings. The Morgan fingerprint density at radius 2 is 2.17 bits per heavy atom. The maximum absolute atomic E-state index is 11.4. The summed E-state index contributed by atoms with van der Waals surface area (Å²) in [6.45, 7) is 0.781. The van der Waals surface area contributed by atoms with Crippen LogP contribution in [0.25, 0.3) is 0 Å². The van der Waals surface area contributed by atoms with Crippen LogP contribution in [0, 0.1) is 6.42 Å². The minimum Gasteiger partial charge on any atom is -0.347 e. The van der Waals surface area contributed by atoms with Crippen LogP contribution < -0.4 is 5.32 Å². The lowest BCUT2D eigenvalue weighted by atomic mass is 10.1. The van der Waals surface area contributed by atoms with Crippen molar-refractivity contribution in [3.63, 3.8) is 0 Å². The van der Waals surface area contributed by atoms with Gasteiger partial charge in [0.05, 0.1) is 0 Å². The van der Waals surface area contributed by atoms with Gasteiger partial charge in [-0.25, -0.2) is 0 Å². The lowest BCUT2D eigenvalue weighted by Gasteiger charge is -2.01. The fourth-order valence-corrected chi connectivity index (χ4v) is 1.38. The molecule has 0 spiro atoms. The van der Waals surface area contributed by atoms with Crippen molar-refractivity contribution in [2.24, 2.45) is 0 Å². The molecule has 1 heterocycles. The van der Waals surface area contributed by atoms with Crippen molar-refractivity contribution < 1.29 is 4.79 Å². The molecular weight excluding hydrogens is 150 g/mol. The number of carbonyl (C=O) groups excluding carboxylic acids is 1. The predicted octanol–water partition coefficient (Wildman–Crippen LogP) is 1.89. The molecule has 0 amide bonds. The van der Waals surface area contributed by atoms with E-state index in [4.69, 9.17) is 0 Å². The molecule has 1 aliphatic heterocycles. The topological polar surface area (TPSA) is 29.1 Å². The molecule has 1 aromatic carbocycles. The van der Waals surface area contributed by atoms with E-state index in [1.165, 1.54) is 0 Å². The number of para-hydroxylation sites is 1. The van der Waals surface area contributed by atoms with E-state index in [2.05, 4.69) is 5.32 Å². The van der Waals surface area contributed by atoms with Gasteiger partial charge in [0.1, 0.15) is 6.42 Å². The molecule has 2 rings (SSSR count). The van der Waals surface area contributed by atoms with Gasteiger partial charge in [-0.3, -0.25) is 4.79 Å². The molecule has 0 atom stereocenters. The van der Waals surface area contributed by atoms with Gasteiger partial charge in [-0.1, -0.05) is 12.1 Å². The number of fused-ring (bicyclic) bond motifs is 1. The Hall–Kier alpha value is -1.44. The Morgan fingerprint density at radius 1 is 1.33 bits per heavy atom. The molecular formula is C10H10NO+. The molecule has 0 saturated carbocycles. The molecule has 2 heteroatoms. The summed E-state index contributed by atoms with van der Waals surface area (Å²) in [4.78, 5) is 11.4. The van der Waals surface area contributed by atoms with Crippen LogP contribution in [0.15, 0.2) is 24.3 Å². The molecule has 0 radical (unpaired) electrons. The van der Waals surface area contributed by atoms with Crippen molar-refractivity contribution in [1.82, 2.24) is 0 Å². The maximum Gasteiger partial charge on any atom is 0.209 e. The van der Waals surface area contributed by atoms with Gasteiger partial charge in [0.25, 0.3) is 0 Å². The molecule has 0 unspecified atom stereocenters. The van der Waals surface area contributed by atoms with Crippen LogP contribution >= 0.6 is 0 Å². The van der Waals surface area contributed by atoms with Crippen LogP contribution in [0.2, 0.25) is 0 Å². The molecule has 0 bridgehead atoms. The average Bonchev–Trinajstić information content (AvgIpc) is 2.29. The van der Waals surface area contributed by atoms with Gasteiger partial charge in [-0.15, -0.1) is 0 Å². The molecule has 60 valence electrons. The molecule has 1 aromatic rings. The quantitative estimate of drug-likeness (QED) is 0.587. The zero-order valence-electron chi connectivity index (χ0n) is 6.71. The number of ketones is 1. The van der Waals surface area contributed by atoms with E-state index in [1.54, 1.807) is 0 Å². The normalized spacial score (nSPS) is 15.5. The summed E-state index contributed by atoms with van der Waals surface area (Å²) in [5.74, 6) is 0.204. The number of carbonyl (C=O) groups is 1. The summed E-state index contributed by atoms with van der Waals surface area (Å²) < 4.78 is 0. The Morgan fingerprint density at radius 3 is 3.08 bits per heavy atom. The Kier molecular flexibility index (Phi) is 1.74. The number of nitrogens with one attached hydrogen (secondary N) is 1. The number of hydrogen-bond acceptors (Lipinski definition) is 2. The van der Waals surface area contributed by atoms with Gasteiger partial charge in [-0.2, -0.15) is 0 Å². The van der Waals surface area contributed by atoms with Crippen molar-refractivity contribution in [1.29, 1.82) is 0 Å². The summed E-state index contributed by atoms with van der Waals surface area (Å²) in [6, 6.07) is 7.63. The van der Waals surface area contributed by atoms with E-state index in [0.29, 0.717) is 6.42 Å². The highest BCUT2D eigenvalue weighted by molar-refractivity contribution is 6.02. The molecule has 0 aromatic heterocycles. The van der Waals surface area contributed by atoms with Crippen LogP contribution in [0.3, 0.4) is 0 Å². The summed E-state index contributed by atoms with van der Waals surface area (Å²) in [5, 5.41) is 3.18. The Balaban J connectivity index is 2.46. The van der Waals surface area contributed by atoms with Crippen molar-refractivity contribution >= 4 is 11.5 Å². The van der Waals surface area contributed by atoms with Crippen molar-refractivity contribution in [2.75, 3.05) is 11.9 Å². The van der Waals surface area contributed by atoms with E-state index < -0.39 is 0 Å². The average molecular weight is 160 g/mol. The van der Waals surface area contributed by atoms with Gasteiger partial charge in [0.2, 0.25) is 5.78 Å². The fourth-order valence-electron chi connectivity index (χ4n) is 1.38. The van der Waals surface area contributed by atoms with E-state index in [-0.39, 0.29) is 5.78 Å². The van der Waals surface area contributed by atoms with Gasteiger partial charge < -0.3 is 5.32 Å². The van der Waals surface area contributed by atoms with Crippen molar-refractivity contribution in [3.8, 4) is 0 Å². The first-order valence-electron chi connectivity index (χ1n) is 4.06. The lowest BCUT2D eigenvalue weighted by molar-refractivity contribution is 0.0993.